The quantitative estimate of drug-likeness (QED) is 0.807. The number of rotatable bonds is 5. The summed E-state index contributed by atoms with van der Waals surface area (Å²) in [6.45, 7) is 0. The Hall–Kier alpha value is -2.15. The Balaban J connectivity index is 2.96. The summed E-state index contributed by atoms with van der Waals surface area (Å²) < 4.78 is 15.4. The number of benzene rings is 1. The largest absolute Gasteiger partial charge is 0.493 e. The predicted molar refractivity (Wildman–Crippen MR) is 74.0 cm³/mol. The van der Waals surface area contributed by atoms with Crippen molar-refractivity contribution >= 4 is 29.2 Å². The molecule has 0 aliphatic rings. The molecular formula is C12H15ClN2O5. The molecule has 1 rings (SSSR count). The molecule has 0 spiro atoms. The minimum Gasteiger partial charge on any atom is -0.493 e. The molecule has 0 saturated carbocycles. The predicted octanol–water partition coefficient (Wildman–Crippen LogP) is 1.60. The number of halogens is 1. The Morgan fingerprint density at radius 3 is 2.05 bits per heavy atom. The number of carbonyl (C=O) groups is 2. The van der Waals surface area contributed by atoms with Crippen LogP contribution in [0, 0.1) is 0 Å². The third kappa shape index (κ3) is 3.92. The standard InChI is InChI=1S/C12H15ClN2O5/c1-18-8-4-7(5-9(19-2)11(8)20-3)14-12(17)15-10(16)6-13/h4-5H,6H2,1-3H3,(H2,14,15,16,17). The third-order valence-electron chi connectivity index (χ3n) is 2.30. The van der Waals surface area contributed by atoms with Crippen molar-refractivity contribution < 1.29 is 23.8 Å². The Labute approximate surface area is 121 Å². The van der Waals surface area contributed by atoms with Gasteiger partial charge in [0.1, 0.15) is 5.88 Å². The van der Waals surface area contributed by atoms with Crippen LogP contribution in [0.3, 0.4) is 0 Å². The number of amides is 3. The summed E-state index contributed by atoms with van der Waals surface area (Å²) in [5, 5.41) is 4.51. The minimum absolute atomic E-state index is 0.303. The van der Waals surface area contributed by atoms with E-state index in [0.717, 1.165) is 0 Å². The van der Waals surface area contributed by atoms with Crippen molar-refractivity contribution in [2.75, 3.05) is 32.5 Å². The van der Waals surface area contributed by atoms with Crippen LogP contribution in [-0.4, -0.2) is 39.1 Å². The second-order valence-electron chi connectivity index (χ2n) is 3.55. The first-order valence-electron chi connectivity index (χ1n) is 5.52. The van der Waals surface area contributed by atoms with Crippen LogP contribution in [0.1, 0.15) is 0 Å². The zero-order valence-electron chi connectivity index (χ0n) is 11.3. The lowest BCUT2D eigenvalue weighted by Crippen LogP contribution is -2.35. The van der Waals surface area contributed by atoms with Gasteiger partial charge < -0.3 is 19.5 Å². The van der Waals surface area contributed by atoms with Gasteiger partial charge >= 0.3 is 6.03 Å². The van der Waals surface area contributed by atoms with E-state index < -0.39 is 11.9 Å². The second kappa shape index (κ2) is 7.44. The number of imide groups is 1. The van der Waals surface area contributed by atoms with E-state index in [0.29, 0.717) is 22.9 Å². The summed E-state index contributed by atoms with van der Waals surface area (Å²) in [5.74, 6) is 0.258. The van der Waals surface area contributed by atoms with Gasteiger partial charge in [-0.25, -0.2) is 4.79 Å². The van der Waals surface area contributed by atoms with Crippen molar-refractivity contribution in [2.24, 2.45) is 0 Å². The van der Waals surface area contributed by atoms with Crippen molar-refractivity contribution in [1.29, 1.82) is 0 Å². The molecular weight excluding hydrogens is 288 g/mol. The molecule has 0 saturated heterocycles. The number of carbonyl (C=O) groups excluding carboxylic acids is 2. The molecule has 0 radical (unpaired) electrons. The molecule has 0 atom stereocenters. The Bertz CT molecular complexity index is 482. The van der Waals surface area contributed by atoms with Gasteiger partial charge in [-0.3, -0.25) is 10.1 Å². The van der Waals surface area contributed by atoms with Gasteiger partial charge in [0.05, 0.1) is 27.0 Å². The fraction of sp³-hybridized carbons (Fsp3) is 0.333. The number of hydrogen-bond acceptors (Lipinski definition) is 5. The van der Waals surface area contributed by atoms with Crippen LogP contribution in [0.25, 0.3) is 0 Å². The molecule has 0 aliphatic heterocycles. The summed E-state index contributed by atoms with van der Waals surface area (Å²) in [6, 6.07) is 2.36. The van der Waals surface area contributed by atoms with E-state index in [4.69, 9.17) is 25.8 Å². The van der Waals surface area contributed by atoms with Crippen LogP contribution in [0.15, 0.2) is 12.1 Å². The van der Waals surface area contributed by atoms with Crippen molar-refractivity contribution in [1.82, 2.24) is 5.32 Å². The molecule has 1 aromatic rings. The highest BCUT2D eigenvalue weighted by molar-refractivity contribution is 6.28. The third-order valence-corrected chi connectivity index (χ3v) is 2.54. The number of hydrogen-bond donors (Lipinski definition) is 2. The minimum atomic E-state index is -0.704. The van der Waals surface area contributed by atoms with Gasteiger partial charge in [-0.05, 0) is 0 Å². The highest BCUT2D eigenvalue weighted by atomic mass is 35.5. The van der Waals surface area contributed by atoms with Gasteiger partial charge in [0.15, 0.2) is 11.5 Å². The molecule has 0 fully saturated rings. The zero-order valence-corrected chi connectivity index (χ0v) is 12.0. The molecule has 7 nitrogen and oxygen atoms in total. The average Bonchev–Trinajstić information content (AvgIpc) is 2.45. The topological polar surface area (TPSA) is 85.9 Å². The van der Waals surface area contributed by atoms with Crippen molar-refractivity contribution in [3.05, 3.63) is 12.1 Å². The first kappa shape index (κ1) is 15.9. The summed E-state index contributed by atoms with van der Waals surface area (Å²) in [5.41, 5.74) is 0.374. The molecule has 20 heavy (non-hydrogen) atoms. The SMILES string of the molecule is COc1cc(NC(=O)NC(=O)CCl)cc(OC)c1OC. The number of alkyl halides is 1. The molecule has 0 bridgehead atoms. The van der Waals surface area contributed by atoms with Crippen LogP contribution in [0.4, 0.5) is 10.5 Å². The van der Waals surface area contributed by atoms with E-state index in [1.165, 1.54) is 33.5 Å². The Morgan fingerprint density at radius 1 is 1.10 bits per heavy atom. The molecule has 1 aromatic carbocycles. The van der Waals surface area contributed by atoms with Gasteiger partial charge in [-0.15, -0.1) is 11.6 Å². The van der Waals surface area contributed by atoms with Crippen LogP contribution in [0.5, 0.6) is 17.2 Å². The molecule has 2 N–H and O–H groups in total. The van der Waals surface area contributed by atoms with E-state index in [2.05, 4.69) is 5.32 Å². The summed E-state index contributed by atoms with van der Waals surface area (Å²) >= 11 is 5.29. The highest BCUT2D eigenvalue weighted by Gasteiger charge is 2.15. The van der Waals surface area contributed by atoms with E-state index in [1.54, 1.807) is 0 Å². The Kier molecular flexibility index (Phi) is 5.92. The summed E-state index contributed by atoms with van der Waals surface area (Å²) in [6.07, 6.45) is 0. The van der Waals surface area contributed by atoms with Crippen LogP contribution >= 0.6 is 11.6 Å². The molecule has 0 aliphatic carbocycles. The van der Waals surface area contributed by atoms with Crippen LogP contribution in [0.2, 0.25) is 0 Å². The summed E-state index contributed by atoms with van der Waals surface area (Å²) in [7, 11) is 4.38. The maximum Gasteiger partial charge on any atom is 0.325 e. The number of anilines is 1. The van der Waals surface area contributed by atoms with Gasteiger partial charge in [0.2, 0.25) is 11.7 Å². The zero-order chi connectivity index (χ0) is 15.1. The van der Waals surface area contributed by atoms with E-state index in [9.17, 15) is 9.59 Å². The van der Waals surface area contributed by atoms with Crippen molar-refractivity contribution in [2.45, 2.75) is 0 Å². The van der Waals surface area contributed by atoms with Crippen molar-refractivity contribution in [3.8, 4) is 17.2 Å². The first-order valence-corrected chi connectivity index (χ1v) is 6.06. The summed E-state index contributed by atoms with van der Waals surface area (Å²) in [4.78, 5) is 22.5. The fourth-order valence-electron chi connectivity index (χ4n) is 1.48. The Morgan fingerprint density at radius 2 is 1.65 bits per heavy atom. The van der Waals surface area contributed by atoms with E-state index in [1.807, 2.05) is 5.32 Å². The van der Waals surface area contributed by atoms with Crippen LogP contribution < -0.4 is 24.8 Å². The highest BCUT2D eigenvalue weighted by Crippen LogP contribution is 2.39. The molecule has 3 amide bonds. The fourth-order valence-corrected chi connectivity index (χ4v) is 1.54. The lowest BCUT2D eigenvalue weighted by molar-refractivity contribution is -0.117. The monoisotopic (exact) mass is 302 g/mol. The van der Waals surface area contributed by atoms with E-state index in [-0.39, 0.29) is 5.88 Å². The van der Waals surface area contributed by atoms with Gasteiger partial charge in [-0.2, -0.15) is 0 Å². The number of methoxy groups -OCH3 is 3. The second-order valence-corrected chi connectivity index (χ2v) is 3.82. The average molecular weight is 303 g/mol. The smallest absolute Gasteiger partial charge is 0.325 e. The molecule has 110 valence electrons. The molecule has 0 unspecified atom stereocenters. The van der Waals surface area contributed by atoms with Gasteiger partial charge in [-0.1, -0.05) is 0 Å². The first-order chi connectivity index (χ1) is 9.55. The number of urea groups is 1. The molecule has 8 heteroatoms. The van der Waals surface area contributed by atoms with Crippen molar-refractivity contribution in [3.63, 3.8) is 0 Å². The number of ether oxygens (including phenoxy) is 3. The van der Waals surface area contributed by atoms with E-state index >= 15 is 0 Å². The van der Waals surface area contributed by atoms with Crippen LogP contribution in [-0.2, 0) is 4.79 Å². The molecule has 0 aromatic heterocycles. The maximum absolute atomic E-state index is 11.5. The lowest BCUT2D eigenvalue weighted by Gasteiger charge is -2.14. The lowest BCUT2D eigenvalue weighted by atomic mass is 10.2. The molecule has 0 heterocycles. The number of nitrogens with one attached hydrogen (secondary N) is 2. The maximum atomic E-state index is 11.5. The normalized spacial score (nSPS) is 9.60. The van der Waals surface area contributed by atoms with Gasteiger partial charge in [0.25, 0.3) is 0 Å². The van der Waals surface area contributed by atoms with Gasteiger partial charge in [0, 0.05) is 12.1 Å².